The van der Waals surface area contributed by atoms with E-state index in [1.54, 1.807) is 11.3 Å². The molecule has 0 aliphatic carbocycles. The highest BCUT2D eigenvalue weighted by Crippen LogP contribution is 2.23. The topological polar surface area (TPSA) is 20.3 Å². The molecule has 1 amide bonds. The maximum atomic E-state index is 13.0. The fourth-order valence-corrected chi connectivity index (χ4v) is 3.27. The SMILES string of the molecule is Cc1ccc(N(Cc2cccs2)C(=O)c2ccc(Br)cc2)cc1. The van der Waals surface area contributed by atoms with Crippen molar-refractivity contribution >= 4 is 38.9 Å². The van der Waals surface area contributed by atoms with Crippen molar-refractivity contribution in [2.75, 3.05) is 4.90 Å². The summed E-state index contributed by atoms with van der Waals surface area (Å²) in [4.78, 5) is 16.0. The van der Waals surface area contributed by atoms with Gasteiger partial charge in [0.05, 0.1) is 6.54 Å². The minimum Gasteiger partial charge on any atom is -0.303 e. The largest absolute Gasteiger partial charge is 0.303 e. The standard InChI is InChI=1S/C19H16BrNOS/c1-14-4-10-17(11-5-14)21(13-18-3-2-12-23-18)19(22)15-6-8-16(20)9-7-15/h2-12H,13H2,1H3. The fraction of sp³-hybridized carbons (Fsp3) is 0.105. The zero-order chi connectivity index (χ0) is 16.2. The average Bonchev–Trinajstić information content (AvgIpc) is 3.07. The Morgan fingerprint density at radius 3 is 2.35 bits per heavy atom. The van der Waals surface area contributed by atoms with E-state index in [0.29, 0.717) is 12.1 Å². The van der Waals surface area contributed by atoms with Crippen LogP contribution in [-0.4, -0.2) is 5.91 Å². The van der Waals surface area contributed by atoms with Gasteiger partial charge in [-0.25, -0.2) is 0 Å². The normalized spacial score (nSPS) is 10.5. The Labute approximate surface area is 148 Å². The van der Waals surface area contributed by atoms with Crippen molar-refractivity contribution in [1.29, 1.82) is 0 Å². The van der Waals surface area contributed by atoms with Gasteiger partial charge in [0.25, 0.3) is 5.91 Å². The summed E-state index contributed by atoms with van der Waals surface area (Å²) in [6.45, 7) is 2.62. The van der Waals surface area contributed by atoms with E-state index in [4.69, 9.17) is 0 Å². The minimum absolute atomic E-state index is 0.00903. The van der Waals surface area contributed by atoms with E-state index < -0.39 is 0 Å². The molecule has 2 nitrogen and oxygen atoms in total. The van der Waals surface area contributed by atoms with Crippen LogP contribution < -0.4 is 4.90 Å². The first-order chi connectivity index (χ1) is 11.1. The highest BCUT2D eigenvalue weighted by molar-refractivity contribution is 9.10. The highest BCUT2D eigenvalue weighted by Gasteiger charge is 2.18. The summed E-state index contributed by atoms with van der Waals surface area (Å²) in [6.07, 6.45) is 0. The molecule has 23 heavy (non-hydrogen) atoms. The van der Waals surface area contributed by atoms with Crippen LogP contribution in [0.15, 0.2) is 70.5 Å². The summed E-state index contributed by atoms with van der Waals surface area (Å²) in [7, 11) is 0. The molecule has 0 bridgehead atoms. The van der Waals surface area contributed by atoms with Crippen LogP contribution in [0.5, 0.6) is 0 Å². The Morgan fingerprint density at radius 1 is 1.04 bits per heavy atom. The van der Waals surface area contributed by atoms with Crippen LogP contribution in [0.2, 0.25) is 0 Å². The predicted molar refractivity (Wildman–Crippen MR) is 100 cm³/mol. The third kappa shape index (κ3) is 3.89. The third-order valence-corrected chi connectivity index (χ3v) is 4.97. The predicted octanol–water partition coefficient (Wildman–Crippen LogP) is 5.67. The monoisotopic (exact) mass is 385 g/mol. The molecule has 4 heteroatoms. The molecule has 0 saturated carbocycles. The second kappa shape index (κ2) is 7.11. The van der Waals surface area contributed by atoms with Crippen LogP contribution in [0.1, 0.15) is 20.8 Å². The van der Waals surface area contributed by atoms with E-state index in [9.17, 15) is 4.79 Å². The summed E-state index contributed by atoms with van der Waals surface area (Å²) in [5, 5.41) is 2.03. The molecule has 0 unspecified atom stereocenters. The number of amides is 1. The maximum absolute atomic E-state index is 13.0. The summed E-state index contributed by atoms with van der Waals surface area (Å²) in [6, 6.07) is 19.6. The Balaban J connectivity index is 1.95. The van der Waals surface area contributed by atoms with Crippen molar-refractivity contribution in [2.45, 2.75) is 13.5 Å². The lowest BCUT2D eigenvalue weighted by Crippen LogP contribution is -2.30. The number of halogens is 1. The van der Waals surface area contributed by atoms with Crippen molar-refractivity contribution in [3.8, 4) is 0 Å². The average molecular weight is 386 g/mol. The molecule has 1 aromatic heterocycles. The molecule has 0 fully saturated rings. The maximum Gasteiger partial charge on any atom is 0.258 e. The molecule has 0 aliphatic rings. The second-order valence-electron chi connectivity index (χ2n) is 5.31. The van der Waals surface area contributed by atoms with Gasteiger partial charge in [-0.3, -0.25) is 4.79 Å². The van der Waals surface area contributed by atoms with Crippen LogP contribution in [0, 0.1) is 6.92 Å². The smallest absolute Gasteiger partial charge is 0.258 e. The minimum atomic E-state index is 0.00903. The van der Waals surface area contributed by atoms with Gasteiger partial charge in [0, 0.05) is 20.6 Å². The molecule has 0 N–H and O–H groups in total. The lowest BCUT2D eigenvalue weighted by molar-refractivity contribution is 0.0985. The number of carbonyl (C=O) groups is 1. The van der Waals surface area contributed by atoms with Gasteiger partial charge >= 0.3 is 0 Å². The lowest BCUT2D eigenvalue weighted by Gasteiger charge is -2.22. The molecule has 0 radical (unpaired) electrons. The zero-order valence-corrected chi connectivity index (χ0v) is 15.1. The molecule has 0 atom stereocenters. The van der Waals surface area contributed by atoms with Gasteiger partial charge in [0.1, 0.15) is 0 Å². The van der Waals surface area contributed by atoms with Crippen molar-refractivity contribution < 1.29 is 4.79 Å². The van der Waals surface area contributed by atoms with Gasteiger partial charge < -0.3 is 4.90 Å². The lowest BCUT2D eigenvalue weighted by atomic mass is 10.1. The number of hydrogen-bond acceptors (Lipinski definition) is 2. The van der Waals surface area contributed by atoms with Gasteiger partial charge in [-0.2, -0.15) is 0 Å². The summed E-state index contributed by atoms with van der Waals surface area (Å²) < 4.78 is 0.967. The molecule has 0 spiro atoms. The number of rotatable bonds is 4. The number of nitrogens with zero attached hydrogens (tertiary/aromatic N) is 1. The van der Waals surface area contributed by atoms with E-state index in [1.165, 1.54) is 5.56 Å². The van der Waals surface area contributed by atoms with Gasteiger partial charge in [0.15, 0.2) is 0 Å². The zero-order valence-electron chi connectivity index (χ0n) is 12.7. The Bertz CT molecular complexity index is 779. The molecule has 1 heterocycles. The third-order valence-electron chi connectivity index (χ3n) is 3.58. The highest BCUT2D eigenvalue weighted by atomic mass is 79.9. The van der Waals surface area contributed by atoms with E-state index in [2.05, 4.69) is 22.0 Å². The van der Waals surface area contributed by atoms with E-state index >= 15 is 0 Å². The Kier molecular flexibility index (Phi) is 4.94. The molecule has 116 valence electrons. The summed E-state index contributed by atoms with van der Waals surface area (Å²) in [5.41, 5.74) is 2.78. The quantitative estimate of drug-likeness (QED) is 0.566. The number of thiophene rings is 1. The van der Waals surface area contributed by atoms with Crippen LogP contribution >= 0.6 is 27.3 Å². The van der Waals surface area contributed by atoms with Crippen LogP contribution in [0.3, 0.4) is 0 Å². The molecule has 2 aromatic carbocycles. The van der Waals surface area contributed by atoms with E-state index in [-0.39, 0.29) is 5.91 Å². The van der Waals surface area contributed by atoms with Gasteiger partial charge in [0.2, 0.25) is 0 Å². The first-order valence-electron chi connectivity index (χ1n) is 7.30. The first-order valence-corrected chi connectivity index (χ1v) is 8.97. The molecular weight excluding hydrogens is 370 g/mol. The van der Waals surface area contributed by atoms with Crippen molar-refractivity contribution in [1.82, 2.24) is 0 Å². The number of hydrogen-bond donors (Lipinski definition) is 0. The molecule has 0 aliphatic heterocycles. The number of aryl methyl sites for hydroxylation is 1. The number of anilines is 1. The van der Waals surface area contributed by atoms with Crippen LogP contribution in [0.25, 0.3) is 0 Å². The Morgan fingerprint density at radius 2 is 1.74 bits per heavy atom. The summed E-state index contributed by atoms with van der Waals surface area (Å²) in [5.74, 6) is 0.00903. The number of benzene rings is 2. The van der Waals surface area contributed by atoms with Crippen molar-refractivity contribution in [3.05, 3.63) is 86.5 Å². The van der Waals surface area contributed by atoms with E-state index in [0.717, 1.165) is 15.0 Å². The second-order valence-corrected chi connectivity index (χ2v) is 7.26. The Hall–Kier alpha value is -1.91. The van der Waals surface area contributed by atoms with Crippen LogP contribution in [0.4, 0.5) is 5.69 Å². The summed E-state index contributed by atoms with van der Waals surface area (Å²) >= 11 is 5.07. The van der Waals surface area contributed by atoms with E-state index in [1.807, 2.05) is 71.8 Å². The van der Waals surface area contributed by atoms with Crippen molar-refractivity contribution in [3.63, 3.8) is 0 Å². The molecule has 3 rings (SSSR count). The molecule has 0 saturated heterocycles. The molecule has 3 aromatic rings. The number of carbonyl (C=O) groups excluding carboxylic acids is 1. The van der Waals surface area contributed by atoms with Gasteiger partial charge in [-0.15, -0.1) is 11.3 Å². The van der Waals surface area contributed by atoms with Crippen molar-refractivity contribution in [2.24, 2.45) is 0 Å². The first kappa shape index (κ1) is 16.0. The van der Waals surface area contributed by atoms with Gasteiger partial charge in [-0.1, -0.05) is 39.7 Å². The fourth-order valence-electron chi connectivity index (χ4n) is 2.31. The molecular formula is C19H16BrNOS. The van der Waals surface area contributed by atoms with Gasteiger partial charge in [-0.05, 0) is 54.8 Å². The van der Waals surface area contributed by atoms with Crippen LogP contribution in [-0.2, 0) is 6.54 Å².